The van der Waals surface area contributed by atoms with E-state index in [-0.39, 0.29) is 0 Å². The Morgan fingerprint density at radius 2 is 2.00 bits per heavy atom. The maximum Gasteiger partial charge on any atom is 0.119 e. The summed E-state index contributed by atoms with van der Waals surface area (Å²) in [6, 6.07) is 9.44. The van der Waals surface area contributed by atoms with Gasteiger partial charge in [-0.2, -0.15) is 5.10 Å². The van der Waals surface area contributed by atoms with Crippen molar-refractivity contribution >= 4 is 0 Å². The average Bonchev–Trinajstić information content (AvgIpc) is 2.76. The van der Waals surface area contributed by atoms with Gasteiger partial charge in [0.2, 0.25) is 0 Å². The molecule has 1 aromatic carbocycles. The highest BCUT2D eigenvalue weighted by Gasteiger charge is 2.10. The molecule has 4 nitrogen and oxygen atoms in total. The van der Waals surface area contributed by atoms with E-state index < -0.39 is 6.10 Å². The second-order valence-corrected chi connectivity index (χ2v) is 4.20. The van der Waals surface area contributed by atoms with Crippen LogP contribution in [0.25, 0.3) is 0 Å². The number of nitrogens with zero attached hydrogens (tertiary/aromatic N) is 2. The summed E-state index contributed by atoms with van der Waals surface area (Å²) in [6.45, 7) is 2.60. The molecular formula is C14H18N2O2. The van der Waals surface area contributed by atoms with Gasteiger partial charge in [-0.05, 0) is 30.7 Å². The van der Waals surface area contributed by atoms with E-state index in [1.165, 1.54) is 0 Å². The predicted molar refractivity (Wildman–Crippen MR) is 69.5 cm³/mol. The van der Waals surface area contributed by atoms with Crippen LogP contribution in [0.5, 0.6) is 5.75 Å². The van der Waals surface area contributed by atoms with E-state index >= 15 is 0 Å². The second kappa shape index (κ2) is 5.69. The lowest BCUT2D eigenvalue weighted by Crippen LogP contribution is -2.03. The zero-order valence-corrected chi connectivity index (χ0v) is 10.7. The van der Waals surface area contributed by atoms with E-state index in [4.69, 9.17) is 4.74 Å². The summed E-state index contributed by atoms with van der Waals surface area (Å²) < 4.78 is 7.10. The topological polar surface area (TPSA) is 47.3 Å². The van der Waals surface area contributed by atoms with Crippen molar-refractivity contribution in [3.63, 3.8) is 0 Å². The molecule has 1 unspecified atom stereocenters. The van der Waals surface area contributed by atoms with Crippen LogP contribution in [0, 0.1) is 0 Å². The van der Waals surface area contributed by atoms with E-state index in [2.05, 4.69) is 5.10 Å². The molecule has 2 aromatic rings. The van der Waals surface area contributed by atoms with Gasteiger partial charge in [0.1, 0.15) is 5.75 Å². The number of aliphatic hydroxyl groups is 1. The Bertz CT molecular complexity index is 491. The van der Waals surface area contributed by atoms with Crippen LogP contribution in [-0.4, -0.2) is 21.5 Å². The molecular weight excluding hydrogens is 228 g/mol. The molecule has 0 bridgehead atoms. The van der Waals surface area contributed by atoms with Crippen molar-refractivity contribution in [3.05, 3.63) is 47.8 Å². The van der Waals surface area contributed by atoms with Crippen LogP contribution in [0.3, 0.4) is 0 Å². The Morgan fingerprint density at radius 3 is 2.56 bits per heavy atom. The van der Waals surface area contributed by atoms with Gasteiger partial charge in [0.15, 0.2) is 0 Å². The Kier molecular flexibility index (Phi) is 3.99. The summed E-state index contributed by atoms with van der Waals surface area (Å²) in [5.74, 6) is 0.825. The van der Waals surface area contributed by atoms with Gasteiger partial charge in [0.25, 0.3) is 0 Å². The summed E-state index contributed by atoms with van der Waals surface area (Å²) in [4.78, 5) is 0. The van der Waals surface area contributed by atoms with Crippen LogP contribution >= 0.6 is 0 Å². The van der Waals surface area contributed by atoms with Crippen molar-refractivity contribution in [2.45, 2.75) is 19.4 Å². The van der Waals surface area contributed by atoms with Crippen molar-refractivity contribution in [1.29, 1.82) is 0 Å². The third kappa shape index (κ3) is 3.11. The van der Waals surface area contributed by atoms with E-state index in [1.807, 2.05) is 50.5 Å². The largest absolute Gasteiger partial charge is 0.494 e. The van der Waals surface area contributed by atoms with Crippen molar-refractivity contribution in [2.75, 3.05) is 6.61 Å². The van der Waals surface area contributed by atoms with E-state index in [0.29, 0.717) is 13.0 Å². The minimum absolute atomic E-state index is 0.523. The van der Waals surface area contributed by atoms with Gasteiger partial charge >= 0.3 is 0 Å². The van der Waals surface area contributed by atoms with Crippen LogP contribution < -0.4 is 4.74 Å². The average molecular weight is 246 g/mol. The van der Waals surface area contributed by atoms with Gasteiger partial charge < -0.3 is 9.84 Å². The molecule has 0 spiro atoms. The maximum absolute atomic E-state index is 10.1. The molecule has 0 radical (unpaired) electrons. The first-order valence-corrected chi connectivity index (χ1v) is 6.08. The van der Waals surface area contributed by atoms with Crippen molar-refractivity contribution in [3.8, 4) is 5.75 Å². The highest BCUT2D eigenvalue weighted by molar-refractivity contribution is 5.29. The Morgan fingerprint density at radius 1 is 1.28 bits per heavy atom. The second-order valence-electron chi connectivity index (χ2n) is 4.20. The summed E-state index contributed by atoms with van der Waals surface area (Å²) in [7, 11) is 1.87. The van der Waals surface area contributed by atoms with E-state index in [9.17, 15) is 5.11 Å². The molecule has 0 amide bonds. The maximum atomic E-state index is 10.1. The third-order valence-electron chi connectivity index (χ3n) is 2.75. The molecule has 1 N–H and O–H groups in total. The standard InChI is InChI=1S/C14H18N2O2/c1-3-18-13-6-4-11(5-7-13)14(17)10-12-8-9-16(2)15-12/h4-9,14,17H,3,10H2,1-2H3. The van der Waals surface area contributed by atoms with Gasteiger partial charge in [-0.3, -0.25) is 4.68 Å². The molecule has 0 saturated carbocycles. The fourth-order valence-corrected chi connectivity index (χ4v) is 1.84. The number of aromatic nitrogens is 2. The number of benzene rings is 1. The first-order valence-electron chi connectivity index (χ1n) is 6.08. The van der Waals surface area contributed by atoms with Crippen LogP contribution in [0.15, 0.2) is 36.5 Å². The van der Waals surface area contributed by atoms with Crippen molar-refractivity contribution < 1.29 is 9.84 Å². The third-order valence-corrected chi connectivity index (χ3v) is 2.75. The molecule has 18 heavy (non-hydrogen) atoms. The van der Waals surface area contributed by atoms with Crippen LogP contribution in [0.2, 0.25) is 0 Å². The lowest BCUT2D eigenvalue weighted by Gasteiger charge is -2.10. The fraction of sp³-hybridized carbons (Fsp3) is 0.357. The summed E-state index contributed by atoms with van der Waals surface area (Å²) >= 11 is 0. The summed E-state index contributed by atoms with van der Waals surface area (Å²) in [5, 5.41) is 14.4. The molecule has 0 fully saturated rings. The molecule has 2 rings (SSSR count). The quantitative estimate of drug-likeness (QED) is 0.878. The Hall–Kier alpha value is -1.81. The number of hydrogen-bond donors (Lipinski definition) is 1. The highest BCUT2D eigenvalue weighted by Crippen LogP contribution is 2.20. The van der Waals surface area contributed by atoms with Gasteiger partial charge in [-0.25, -0.2) is 0 Å². The number of ether oxygens (including phenoxy) is 1. The molecule has 0 aliphatic rings. The fourth-order valence-electron chi connectivity index (χ4n) is 1.84. The molecule has 0 aliphatic carbocycles. The number of rotatable bonds is 5. The smallest absolute Gasteiger partial charge is 0.119 e. The molecule has 96 valence electrons. The lowest BCUT2D eigenvalue weighted by atomic mass is 10.1. The summed E-state index contributed by atoms with van der Waals surface area (Å²) in [6.07, 6.45) is 1.87. The van der Waals surface area contributed by atoms with Gasteiger partial charge in [0, 0.05) is 19.7 Å². The van der Waals surface area contributed by atoms with Crippen LogP contribution in [0.4, 0.5) is 0 Å². The van der Waals surface area contributed by atoms with Crippen LogP contribution in [-0.2, 0) is 13.5 Å². The van der Waals surface area contributed by atoms with E-state index in [0.717, 1.165) is 17.0 Å². The van der Waals surface area contributed by atoms with Gasteiger partial charge in [0.05, 0.1) is 18.4 Å². The molecule has 0 saturated heterocycles. The van der Waals surface area contributed by atoms with E-state index in [1.54, 1.807) is 4.68 Å². The van der Waals surface area contributed by atoms with Gasteiger partial charge in [-0.1, -0.05) is 12.1 Å². The van der Waals surface area contributed by atoms with Gasteiger partial charge in [-0.15, -0.1) is 0 Å². The normalized spacial score (nSPS) is 12.4. The zero-order chi connectivity index (χ0) is 13.0. The Balaban J connectivity index is 2.02. The Labute approximate surface area is 107 Å². The highest BCUT2D eigenvalue weighted by atomic mass is 16.5. The zero-order valence-electron chi connectivity index (χ0n) is 10.7. The monoisotopic (exact) mass is 246 g/mol. The molecule has 1 atom stereocenters. The minimum atomic E-state index is -0.532. The predicted octanol–water partition coefficient (Wildman–Crippen LogP) is 2.09. The molecule has 4 heteroatoms. The number of hydrogen-bond acceptors (Lipinski definition) is 3. The molecule has 1 aromatic heterocycles. The molecule has 0 aliphatic heterocycles. The number of aliphatic hydroxyl groups excluding tert-OH is 1. The first-order chi connectivity index (χ1) is 8.69. The minimum Gasteiger partial charge on any atom is -0.494 e. The molecule has 1 heterocycles. The SMILES string of the molecule is CCOc1ccc(C(O)Cc2ccn(C)n2)cc1. The van der Waals surface area contributed by atoms with Crippen molar-refractivity contribution in [2.24, 2.45) is 7.05 Å². The summed E-state index contributed by atoms with van der Waals surface area (Å²) in [5.41, 5.74) is 1.77. The first kappa shape index (κ1) is 12.6. The number of aryl methyl sites for hydroxylation is 1. The van der Waals surface area contributed by atoms with Crippen LogP contribution in [0.1, 0.15) is 24.3 Å². The van der Waals surface area contributed by atoms with Crippen molar-refractivity contribution in [1.82, 2.24) is 9.78 Å². The lowest BCUT2D eigenvalue weighted by molar-refractivity contribution is 0.177.